The van der Waals surface area contributed by atoms with Gasteiger partial charge in [0.15, 0.2) is 0 Å². The molecule has 1 rings (SSSR count). The van der Waals surface area contributed by atoms with E-state index in [2.05, 4.69) is 10.3 Å². The number of nitrogens with two attached hydrogens (primary N) is 1. The number of hydrogen-bond acceptors (Lipinski definition) is 5. The highest BCUT2D eigenvalue weighted by Crippen LogP contribution is 2.20. The van der Waals surface area contributed by atoms with Gasteiger partial charge in [0, 0.05) is 19.3 Å². The molecule has 17 heavy (non-hydrogen) atoms. The molecule has 1 heterocycles. The van der Waals surface area contributed by atoms with Crippen molar-refractivity contribution < 1.29 is 5.11 Å². The second-order valence-electron chi connectivity index (χ2n) is 4.68. The standard InChI is InChI=1S/C11H19ClN4O/c1-11(17,7-16(2)3)6-15-10-9(13)4-8(12)5-14-10/h4-5,17H,6-7,13H2,1-3H3,(H,14,15). The van der Waals surface area contributed by atoms with Crippen molar-refractivity contribution in [3.63, 3.8) is 0 Å². The molecule has 0 bridgehead atoms. The van der Waals surface area contributed by atoms with E-state index in [4.69, 9.17) is 17.3 Å². The molecule has 1 atom stereocenters. The minimum atomic E-state index is -0.850. The highest BCUT2D eigenvalue weighted by Gasteiger charge is 2.21. The van der Waals surface area contributed by atoms with Crippen LogP contribution in [0, 0.1) is 0 Å². The molecule has 1 unspecified atom stereocenters. The van der Waals surface area contributed by atoms with Crippen LogP contribution in [0.3, 0.4) is 0 Å². The summed E-state index contributed by atoms with van der Waals surface area (Å²) in [7, 11) is 3.81. The van der Waals surface area contributed by atoms with Crippen LogP contribution >= 0.6 is 11.6 Å². The first-order valence-corrected chi connectivity index (χ1v) is 5.70. The quantitative estimate of drug-likeness (QED) is 0.736. The molecule has 0 saturated heterocycles. The summed E-state index contributed by atoms with van der Waals surface area (Å²) in [4.78, 5) is 5.98. The normalized spacial score (nSPS) is 14.7. The van der Waals surface area contributed by atoms with Crippen molar-refractivity contribution in [3.05, 3.63) is 17.3 Å². The molecule has 0 aliphatic carbocycles. The van der Waals surface area contributed by atoms with Crippen LogP contribution in [-0.2, 0) is 0 Å². The first-order valence-electron chi connectivity index (χ1n) is 5.32. The molecule has 6 heteroatoms. The van der Waals surface area contributed by atoms with E-state index in [0.29, 0.717) is 29.6 Å². The van der Waals surface area contributed by atoms with Crippen LogP contribution in [0.25, 0.3) is 0 Å². The number of aromatic nitrogens is 1. The Morgan fingerprint density at radius 2 is 2.24 bits per heavy atom. The van der Waals surface area contributed by atoms with E-state index in [1.54, 1.807) is 13.0 Å². The summed E-state index contributed by atoms with van der Waals surface area (Å²) in [5.74, 6) is 0.536. The zero-order valence-electron chi connectivity index (χ0n) is 10.4. The van der Waals surface area contributed by atoms with Crippen molar-refractivity contribution in [1.29, 1.82) is 0 Å². The molecular weight excluding hydrogens is 240 g/mol. The largest absolute Gasteiger partial charge is 0.396 e. The van der Waals surface area contributed by atoms with Gasteiger partial charge in [0.2, 0.25) is 0 Å². The topological polar surface area (TPSA) is 74.4 Å². The number of aliphatic hydroxyl groups is 1. The van der Waals surface area contributed by atoms with E-state index in [1.807, 2.05) is 19.0 Å². The molecule has 0 aromatic carbocycles. The zero-order chi connectivity index (χ0) is 13.1. The molecule has 0 fully saturated rings. The summed E-state index contributed by atoms with van der Waals surface area (Å²) < 4.78 is 0. The smallest absolute Gasteiger partial charge is 0.149 e. The van der Waals surface area contributed by atoms with E-state index in [0.717, 1.165) is 0 Å². The highest BCUT2D eigenvalue weighted by molar-refractivity contribution is 6.30. The molecule has 1 aromatic heterocycles. The summed E-state index contributed by atoms with van der Waals surface area (Å²) >= 11 is 5.75. The summed E-state index contributed by atoms with van der Waals surface area (Å²) in [6.45, 7) is 2.67. The van der Waals surface area contributed by atoms with Crippen LogP contribution in [0.4, 0.5) is 11.5 Å². The Labute approximate surface area is 107 Å². The Morgan fingerprint density at radius 3 is 2.76 bits per heavy atom. The number of nitrogens with one attached hydrogen (secondary N) is 1. The van der Waals surface area contributed by atoms with Gasteiger partial charge in [0.25, 0.3) is 0 Å². The number of rotatable bonds is 5. The fraction of sp³-hybridized carbons (Fsp3) is 0.545. The van der Waals surface area contributed by atoms with Crippen molar-refractivity contribution in [3.8, 4) is 0 Å². The predicted octanol–water partition coefficient (Wildman–Crippen LogP) is 1.04. The molecule has 4 N–H and O–H groups in total. The summed E-state index contributed by atoms with van der Waals surface area (Å²) in [6, 6.07) is 1.62. The van der Waals surface area contributed by atoms with Gasteiger partial charge in [-0.25, -0.2) is 4.98 Å². The number of pyridine rings is 1. The monoisotopic (exact) mass is 258 g/mol. The second-order valence-corrected chi connectivity index (χ2v) is 5.12. The number of anilines is 2. The molecule has 0 aliphatic heterocycles. The molecule has 1 aromatic rings. The lowest BCUT2D eigenvalue weighted by Crippen LogP contribution is -2.43. The van der Waals surface area contributed by atoms with Gasteiger partial charge >= 0.3 is 0 Å². The van der Waals surface area contributed by atoms with E-state index in [9.17, 15) is 5.11 Å². The molecule has 0 aliphatic rings. The van der Waals surface area contributed by atoms with Gasteiger partial charge in [0.1, 0.15) is 5.82 Å². The van der Waals surface area contributed by atoms with Gasteiger partial charge in [-0.15, -0.1) is 0 Å². The molecular formula is C11H19ClN4O. The first kappa shape index (κ1) is 14.0. The Morgan fingerprint density at radius 1 is 1.59 bits per heavy atom. The summed E-state index contributed by atoms with van der Waals surface area (Å²) in [5.41, 5.74) is 5.37. The van der Waals surface area contributed by atoms with Crippen molar-refractivity contribution >= 4 is 23.1 Å². The third-order valence-electron chi connectivity index (χ3n) is 2.18. The third-order valence-corrected chi connectivity index (χ3v) is 2.38. The SMILES string of the molecule is CN(C)CC(C)(O)CNc1ncc(Cl)cc1N. The fourth-order valence-electron chi connectivity index (χ4n) is 1.61. The Balaban J connectivity index is 2.61. The van der Waals surface area contributed by atoms with Crippen molar-refractivity contribution in [2.75, 3.05) is 38.2 Å². The molecule has 0 saturated carbocycles. The average molecular weight is 259 g/mol. The first-order chi connectivity index (χ1) is 7.80. The molecule has 0 radical (unpaired) electrons. The number of hydrogen-bond donors (Lipinski definition) is 3. The van der Waals surface area contributed by atoms with Gasteiger partial charge < -0.3 is 21.1 Å². The maximum Gasteiger partial charge on any atom is 0.149 e. The van der Waals surface area contributed by atoms with Crippen LogP contribution in [-0.4, -0.2) is 47.8 Å². The predicted molar refractivity (Wildman–Crippen MR) is 71.3 cm³/mol. The minimum Gasteiger partial charge on any atom is -0.396 e. The van der Waals surface area contributed by atoms with Crippen LogP contribution in [0.15, 0.2) is 12.3 Å². The number of halogens is 1. The lowest BCUT2D eigenvalue weighted by Gasteiger charge is -2.27. The lowest BCUT2D eigenvalue weighted by molar-refractivity contribution is 0.0459. The van der Waals surface area contributed by atoms with Gasteiger partial charge in [-0.1, -0.05) is 11.6 Å². The zero-order valence-corrected chi connectivity index (χ0v) is 11.1. The average Bonchev–Trinajstić information content (AvgIpc) is 2.14. The van der Waals surface area contributed by atoms with E-state index >= 15 is 0 Å². The van der Waals surface area contributed by atoms with Gasteiger partial charge in [-0.05, 0) is 27.1 Å². The number of likely N-dealkylation sites (N-methyl/N-ethyl adjacent to an activating group) is 1. The van der Waals surface area contributed by atoms with Gasteiger partial charge in [0.05, 0.1) is 16.3 Å². The Hall–Kier alpha value is -1.04. The van der Waals surface area contributed by atoms with Crippen LogP contribution in [0.1, 0.15) is 6.92 Å². The second kappa shape index (κ2) is 5.53. The maximum absolute atomic E-state index is 10.1. The van der Waals surface area contributed by atoms with Gasteiger partial charge in [-0.3, -0.25) is 0 Å². The van der Waals surface area contributed by atoms with Crippen molar-refractivity contribution in [2.45, 2.75) is 12.5 Å². The van der Waals surface area contributed by atoms with E-state index in [-0.39, 0.29) is 0 Å². The Bertz CT molecular complexity index is 382. The maximum atomic E-state index is 10.1. The van der Waals surface area contributed by atoms with E-state index < -0.39 is 5.60 Å². The van der Waals surface area contributed by atoms with E-state index in [1.165, 1.54) is 6.20 Å². The lowest BCUT2D eigenvalue weighted by atomic mass is 10.1. The van der Waals surface area contributed by atoms with Crippen LogP contribution in [0.5, 0.6) is 0 Å². The van der Waals surface area contributed by atoms with Crippen LogP contribution < -0.4 is 11.1 Å². The fourth-order valence-corrected chi connectivity index (χ4v) is 1.78. The summed E-state index contributed by atoms with van der Waals surface area (Å²) in [6.07, 6.45) is 1.51. The highest BCUT2D eigenvalue weighted by atomic mass is 35.5. The number of nitrogen functional groups attached to an aromatic ring is 1. The summed E-state index contributed by atoms with van der Waals surface area (Å²) in [5, 5.41) is 13.6. The molecule has 0 amide bonds. The minimum absolute atomic E-state index is 0.365. The molecule has 5 nitrogen and oxygen atoms in total. The van der Waals surface area contributed by atoms with Crippen molar-refractivity contribution in [2.24, 2.45) is 0 Å². The Kier molecular flexibility index (Phi) is 4.56. The van der Waals surface area contributed by atoms with Gasteiger partial charge in [-0.2, -0.15) is 0 Å². The number of nitrogens with zero attached hydrogens (tertiary/aromatic N) is 2. The molecule has 96 valence electrons. The molecule has 0 spiro atoms. The van der Waals surface area contributed by atoms with Crippen molar-refractivity contribution in [1.82, 2.24) is 9.88 Å². The van der Waals surface area contributed by atoms with Crippen LogP contribution in [0.2, 0.25) is 5.02 Å². The third kappa shape index (κ3) is 4.77.